The van der Waals surface area contributed by atoms with Crippen LogP contribution in [0.2, 0.25) is 0 Å². The lowest BCUT2D eigenvalue weighted by Gasteiger charge is -2.39. The van der Waals surface area contributed by atoms with Crippen LogP contribution in [0.25, 0.3) is 0 Å². The van der Waals surface area contributed by atoms with Crippen LogP contribution in [0.5, 0.6) is 0 Å². The van der Waals surface area contributed by atoms with Gasteiger partial charge in [0.2, 0.25) is 29.5 Å². The second kappa shape index (κ2) is 31.2. The van der Waals surface area contributed by atoms with Gasteiger partial charge in [-0.25, -0.2) is 4.21 Å². The Morgan fingerprint density at radius 2 is 1.46 bits per heavy atom. The van der Waals surface area contributed by atoms with Crippen LogP contribution in [-0.4, -0.2) is 128 Å². The Hall–Kier alpha value is -4.71. The van der Waals surface area contributed by atoms with Gasteiger partial charge in [-0.05, 0) is 56.3 Å². The van der Waals surface area contributed by atoms with Gasteiger partial charge in [0.25, 0.3) is 5.91 Å². The molecule has 3 rings (SSSR count). The molecule has 1 fully saturated rings. The number of nitrogens with zero attached hydrogens (tertiary/aromatic N) is 2. The van der Waals surface area contributed by atoms with Crippen molar-refractivity contribution in [3.63, 3.8) is 0 Å². The van der Waals surface area contributed by atoms with Crippen molar-refractivity contribution in [2.75, 3.05) is 47.9 Å². The van der Waals surface area contributed by atoms with Gasteiger partial charge in [0, 0.05) is 41.3 Å². The topological polar surface area (TPSA) is 205 Å². The molecule has 366 valence electrons. The predicted octanol–water partition coefficient (Wildman–Crippen LogP) is 4.27. The molecule has 8 atom stereocenters. The summed E-state index contributed by atoms with van der Waals surface area (Å²) >= 11 is 0. The van der Waals surface area contributed by atoms with E-state index in [0.717, 1.165) is 5.56 Å². The van der Waals surface area contributed by atoms with Gasteiger partial charge in [0.15, 0.2) is 11.0 Å². The molecular formula is C48H79N7O9S. The normalized spacial score (nSPS) is 16.4. The van der Waals surface area contributed by atoms with Crippen molar-refractivity contribution < 1.29 is 42.4 Å². The first-order valence-corrected chi connectivity index (χ1v) is 23.9. The first-order chi connectivity index (χ1) is 30.8. The van der Waals surface area contributed by atoms with Crippen molar-refractivity contribution in [2.24, 2.45) is 17.8 Å². The fourth-order valence-corrected chi connectivity index (χ4v) is 8.29. The number of carbonyl (C=O) groups excluding carboxylic acids is 6. The number of likely N-dealkylation sites (tertiary alicyclic amines) is 1. The van der Waals surface area contributed by atoms with Crippen LogP contribution < -0.4 is 26.0 Å². The molecule has 2 aromatic carbocycles. The molecule has 0 radical (unpaired) electrons. The summed E-state index contributed by atoms with van der Waals surface area (Å²) in [5, 5.41) is 11.0. The highest BCUT2D eigenvalue weighted by Gasteiger charge is 2.42. The number of benzene rings is 2. The van der Waals surface area contributed by atoms with Crippen molar-refractivity contribution in [2.45, 2.75) is 136 Å². The molecule has 5 N–H and O–H groups in total. The summed E-state index contributed by atoms with van der Waals surface area (Å²) in [6.07, 6.45) is 1.90. The number of rotatable bonds is 22. The maximum Gasteiger partial charge on any atom is 0.251 e. The molecule has 65 heavy (non-hydrogen) atoms. The Bertz CT molecular complexity index is 1780. The Kier molecular flexibility index (Phi) is 28.0. The average Bonchev–Trinajstić information content (AvgIpc) is 3.77. The van der Waals surface area contributed by atoms with E-state index in [2.05, 4.69) is 58.9 Å². The molecule has 0 saturated carbocycles. The standard InChI is InChI=1S/C38H63N7O9S.C7H8.C3H8/c1-11-24(4)35(44(8)33(49)22-42-38(51)34(39-7)23(2)3)30(53-9)19-32(48)45-18-12-13-29(45)36(54-10)25(5)37(50)41-21-31(47)43-55(52)28-16-14-27(15-17-28)20-40-26(6)46;1-7-5-3-2-4-6-7;1-3-2/h14-17,23-25,29-30,34-36,39H,11-13,18-22H2,1-10H3,(H,40,46)(H,41,50)(H,42,51)(H,43,47);2-6H,1H3;3H2,1-2H3. The van der Waals surface area contributed by atoms with E-state index in [1.165, 1.54) is 33.1 Å². The van der Waals surface area contributed by atoms with E-state index in [-0.39, 0.29) is 48.4 Å². The molecule has 1 heterocycles. The van der Waals surface area contributed by atoms with E-state index in [1.54, 1.807) is 55.1 Å². The minimum absolute atomic E-state index is 0.0203. The summed E-state index contributed by atoms with van der Waals surface area (Å²) in [4.78, 5) is 80.6. The maximum absolute atomic E-state index is 14.0. The number of likely N-dealkylation sites (N-methyl/N-ethyl adjacent to an activating group) is 2. The van der Waals surface area contributed by atoms with E-state index in [9.17, 15) is 33.0 Å². The third-order valence-electron chi connectivity index (χ3n) is 11.2. The predicted molar refractivity (Wildman–Crippen MR) is 255 cm³/mol. The molecule has 8 unspecified atom stereocenters. The lowest BCUT2D eigenvalue weighted by molar-refractivity contribution is -0.145. The van der Waals surface area contributed by atoms with Crippen LogP contribution in [0, 0.1) is 24.7 Å². The van der Waals surface area contributed by atoms with Crippen LogP contribution in [0.4, 0.5) is 0 Å². The van der Waals surface area contributed by atoms with Gasteiger partial charge in [0.05, 0.1) is 60.7 Å². The molecule has 0 bridgehead atoms. The van der Waals surface area contributed by atoms with Gasteiger partial charge < -0.3 is 40.5 Å². The molecule has 6 amide bonds. The van der Waals surface area contributed by atoms with E-state index >= 15 is 0 Å². The molecule has 1 saturated heterocycles. The molecule has 2 aromatic rings. The first-order valence-electron chi connectivity index (χ1n) is 22.7. The van der Waals surface area contributed by atoms with E-state index < -0.39 is 65.6 Å². The molecule has 16 nitrogen and oxygen atoms in total. The van der Waals surface area contributed by atoms with E-state index in [1.807, 2.05) is 45.9 Å². The minimum atomic E-state index is -1.87. The summed E-state index contributed by atoms with van der Waals surface area (Å²) in [7, 11) is 4.48. The van der Waals surface area contributed by atoms with Crippen molar-refractivity contribution >= 4 is 46.4 Å². The number of methoxy groups -OCH3 is 2. The molecule has 0 aliphatic carbocycles. The number of amides is 6. The van der Waals surface area contributed by atoms with Crippen LogP contribution in [-0.2, 0) is 55.8 Å². The van der Waals surface area contributed by atoms with Crippen molar-refractivity contribution in [3.05, 3.63) is 65.7 Å². The van der Waals surface area contributed by atoms with Crippen molar-refractivity contribution in [1.29, 1.82) is 0 Å². The van der Waals surface area contributed by atoms with Crippen molar-refractivity contribution in [3.8, 4) is 0 Å². The Labute approximate surface area is 391 Å². The SMILES string of the molecule is CCC.CCC(C)C(C(CC(=O)N1CCCC1C(OC)C(C)C(=O)NCC(=O)NS(=O)c1ccc(CNC(C)=O)cc1)OC)N(C)C(=O)CNC(=O)C(NC)C(C)C.Cc1ccccc1. The Morgan fingerprint density at radius 1 is 0.862 bits per heavy atom. The number of aryl methyl sites for hydroxylation is 1. The zero-order valence-electron chi connectivity index (χ0n) is 41.2. The second-order valence-electron chi connectivity index (χ2n) is 16.8. The van der Waals surface area contributed by atoms with Crippen LogP contribution in [0.3, 0.4) is 0 Å². The van der Waals surface area contributed by atoms with Crippen molar-refractivity contribution in [1.82, 2.24) is 35.8 Å². The van der Waals surface area contributed by atoms with E-state index in [0.29, 0.717) is 37.2 Å². The maximum atomic E-state index is 14.0. The number of hydrogen-bond donors (Lipinski definition) is 5. The average molecular weight is 930 g/mol. The zero-order valence-corrected chi connectivity index (χ0v) is 42.0. The highest BCUT2D eigenvalue weighted by atomic mass is 32.2. The smallest absolute Gasteiger partial charge is 0.251 e. The molecule has 1 aliphatic heterocycles. The van der Waals surface area contributed by atoms with Gasteiger partial charge in [-0.15, -0.1) is 0 Å². The van der Waals surface area contributed by atoms with Gasteiger partial charge in [-0.3, -0.25) is 33.5 Å². The Balaban J connectivity index is 0.00000187. The summed E-state index contributed by atoms with van der Waals surface area (Å²) in [5.74, 6) is -2.83. The van der Waals surface area contributed by atoms with E-state index in [4.69, 9.17) is 9.47 Å². The second-order valence-corrected chi connectivity index (χ2v) is 18.0. The Morgan fingerprint density at radius 3 is 1.95 bits per heavy atom. The highest BCUT2D eigenvalue weighted by molar-refractivity contribution is 7.83. The number of carbonyl (C=O) groups is 6. The molecule has 0 aromatic heterocycles. The highest BCUT2D eigenvalue weighted by Crippen LogP contribution is 2.29. The first kappa shape index (κ1) is 58.3. The monoisotopic (exact) mass is 930 g/mol. The molecular weight excluding hydrogens is 851 g/mol. The van der Waals surface area contributed by atoms with Gasteiger partial charge in [0.1, 0.15) is 0 Å². The van der Waals surface area contributed by atoms with Gasteiger partial charge in [-0.1, -0.05) is 109 Å². The minimum Gasteiger partial charge on any atom is -0.379 e. The zero-order chi connectivity index (χ0) is 49.2. The fraction of sp³-hybridized carbons (Fsp3) is 0.625. The third kappa shape index (κ3) is 20.1. The van der Waals surface area contributed by atoms with Gasteiger partial charge in [-0.2, -0.15) is 0 Å². The third-order valence-corrected chi connectivity index (χ3v) is 12.3. The van der Waals surface area contributed by atoms with Crippen LogP contribution in [0.1, 0.15) is 98.6 Å². The number of hydrogen-bond acceptors (Lipinski definition) is 10. The van der Waals surface area contributed by atoms with Crippen LogP contribution in [0.15, 0.2) is 59.5 Å². The summed E-state index contributed by atoms with van der Waals surface area (Å²) in [6.45, 7) is 17.4. The molecule has 17 heteroatoms. The lowest BCUT2D eigenvalue weighted by atomic mass is 9.90. The quantitative estimate of drug-likeness (QED) is 0.114. The molecule has 0 spiro atoms. The fourth-order valence-electron chi connectivity index (χ4n) is 7.51. The summed E-state index contributed by atoms with van der Waals surface area (Å²) in [6, 6.07) is 15.5. The summed E-state index contributed by atoms with van der Waals surface area (Å²) < 4.78 is 26.8. The largest absolute Gasteiger partial charge is 0.379 e. The number of nitrogens with one attached hydrogen (secondary N) is 5. The van der Waals surface area contributed by atoms with Gasteiger partial charge >= 0.3 is 0 Å². The van der Waals surface area contributed by atoms with Crippen LogP contribution >= 0.6 is 0 Å². The lowest BCUT2D eigenvalue weighted by Crippen LogP contribution is -2.55. The summed E-state index contributed by atoms with van der Waals surface area (Å²) in [5.41, 5.74) is 2.12. The number of ether oxygens (including phenoxy) is 2. The molecule has 1 aliphatic rings.